The topological polar surface area (TPSA) is 70.6 Å². The van der Waals surface area contributed by atoms with E-state index in [0.717, 1.165) is 5.56 Å². The van der Waals surface area contributed by atoms with Gasteiger partial charge in [-0.1, -0.05) is 35.3 Å². The molecule has 5 nitrogen and oxygen atoms in total. The Labute approximate surface area is 133 Å². The maximum Gasteiger partial charge on any atom is 0.315 e. The highest BCUT2D eigenvalue weighted by Gasteiger charge is 2.32. The Bertz CT molecular complexity index is 519. The lowest BCUT2D eigenvalue weighted by molar-refractivity contribution is 0.0291. The molecule has 1 fully saturated rings. The van der Waals surface area contributed by atoms with E-state index >= 15 is 0 Å². The molecule has 1 aromatic carbocycles. The van der Waals surface area contributed by atoms with E-state index in [1.165, 1.54) is 0 Å². The standard InChI is InChI=1S/C14H18Cl2N2O3/c1-9(10-3-2-4-11(15)12(10)16)18-13(19)17-7-14(20)5-6-21-8-14/h2-4,9,20H,5-8H2,1H3,(H2,17,18,19)/t9-,14+/m0/s1. The van der Waals surface area contributed by atoms with Gasteiger partial charge in [0.15, 0.2) is 0 Å². The number of ether oxygens (including phenoxy) is 1. The van der Waals surface area contributed by atoms with Gasteiger partial charge in [-0.25, -0.2) is 4.79 Å². The fraction of sp³-hybridized carbons (Fsp3) is 0.500. The average Bonchev–Trinajstić information content (AvgIpc) is 2.87. The summed E-state index contributed by atoms with van der Waals surface area (Å²) >= 11 is 12.1. The first kappa shape index (κ1) is 16.4. The molecule has 2 atom stereocenters. The van der Waals surface area contributed by atoms with Crippen LogP contribution in [0.15, 0.2) is 18.2 Å². The van der Waals surface area contributed by atoms with E-state index in [-0.39, 0.29) is 25.2 Å². The highest BCUT2D eigenvalue weighted by Crippen LogP contribution is 2.29. The Morgan fingerprint density at radius 3 is 2.95 bits per heavy atom. The molecule has 1 saturated heterocycles. The van der Waals surface area contributed by atoms with E-state index < -0.39 is 5.60 Å². The van der Waals surface area contributed by atoms with Crippen molar-refractivity contribution < 1.29 is 14.6 Å². The number of carbonyl (C=O) groups is 1. The van der Waals surface area contributed by atoms with Crippen molar-refractivity contribution in [3.05, 3.63) is 33.8 Å². The van der Waals surface area contributed by atoms with Gasteiger partial charge in [-0.15, -0.1) is 0 Å². The summed E-state index contributed by atoms with van der Waals surface area (Å²) in [6.07, 6.45) is 0.517. The lowest BCUT2D eigenvalue weighted by Crippen LogP contribution is -2.47. The van der Waals surface area contributed by atoms with Crippen LogP contribution in [0.1, 0.15) is 24.9 Å². The third-order valence-electron chi connectivity index (χ3n) is 3.46. The molecule has 116 valence electrons. The Morgan fingerprint density at radius 2 is 2.29 bits per heavy atom. The molecule has 2 rings (SSSR count). The molecular formula is C14H18Cl2N2O3. The van der Waals surface area contributed by atoms with Crippen molar-refractivity contribution in [1.29, 1.82) is 0 Å². The molecule has 0 saturated carbocycles. The van der Waals surface area contributed by atoms with Gasteiger partial charge in [0, 0.05) is 13.0 Å². The van der Waals surface area contributed by atoms with Crippen LogP contribution in [0.25, 0.3) is 0 Å². The van der Waals surface area contributed by atoms with E-state index in [4.69, 9.17) is 27.9 Å². The van der Waals surface area contributed by atoms with Crippen molar-refractivity contribution in [3.63, 3.8) is 0 Å². The summed E-state index contributed by atoms with van der Waals surface area (Å²) in [7, 11) is 0. The number of carbonyl (C=O) groups excluding carboxylic acids is 1. The molecular weight excluding hydrogens is 315 g/mol. The number of aliphatic hydroxyl groups is 1. The number of urea groups is 1. The number of benzene rings is 1. The highest BCUT2D eigenvalue weighted by atomic mass is 35.5. The Balaban J connectivity index is 1.88. The molecule has 1 aromatic rings. The summed E-state index contributed by atoms with van der Waals surface area (Å²) in [5.41, 5.74) is -0.240. The van der Waals surface area contributed by atoms with Crippen LogP contribution in [-0.4, -0.2) is 36.5 Å². The molecule has 7 heteroatoms. The predicted molar refractivity (Wildman–Crippen MR) is 81.8 cm³/mol. The van der Waals surface area contributed by atoms with Crippen LogP contribution < -0.4 is 10.6 Å². The molecule has 2 amide bonds. The second kappa shape index (κ2) is 6.83. The lowest BCUT2D eigenvalue weighted by Gasteiger charge is -2.22. The first-order chi connectivity index (χ1) is 9.91. The number of rotatable bonds is 4. The van der Waals surface area contributed by atoms with Gasteiger partial charge < -0.3 is 20.5 Å². The number of halogens is 2. The van der Waals surface area contributed by atoms with E-state index in [0.29, 0.717) is 23.1 Å². The summed E-state index contributed by atoms with van der Waals surface area (Å²) in [6.45, 7) is 2.70. The SMILES string of the molecule is C[C@H](NC(=O)NC[C@]1(O)CCOC1)c1cccc(Cl)c1Cl. The largest absolute Gasteiger partial charge is 0.386 e. The van der Waals surface area contributed by atoms with Gasteiger partial charge in [0.1, 0.15) is 5.60 Å². The third-order valence-corrected chi connectivity index (χ3v) is 4.29. The molecule has 3 N–H and O–H groups in total. The Kier molecular flexibility index (Phi) is 5.32. The minimum Gasteiger partial charge on any atom is -0.386 e. The number of hydrogen-bond acceptors (Lipinski definition) is 3. The summed E-state index contributed by atoms with van der Waals surface area (Å²) in [5.74, 6) is 0. The van der Waals surface area contributed by atoms with Crippen LogP contribution in [0.4, 0.5) is 4.79 Å². The molecule has 21 heavy (non-hydrogen) atoms. The van der Waals surface area contributed by atoms with Gasteiger partial charge in [-0.2, -0.15) is 0 Å². The molecule has 0 spiro atoms. The second-order valence-electron chi connectivity index (χ2n) is 5.22. The third kappa shape index (κ3) is 4.23. The van der Waals surface area contributed by atoms with Gasteiger partial charge in [-0.3, -0.25) is 0 Å². The summed E-state index contributed by atoms with van der Waals surface area (Å²) in [5, 5.41) is 16.3. The summed E-state index contributed by atoms with van der Waals surface area (Å²) in [6, 6.07) is 4.59. The van der Waals surface area contributed by atoms with Gasteiger partial charge in [0.2, 0.25) is 0 Å². The monoisotopic (exact) mass is 332 g/mol. The number of amides is 2. The summed E-state index contributed by atoms with van der Waals surface area (Å²) in [4.78, 5) is 11.9. The molecule has 1 heterocycles. The van der Waals surface area contributed by atoms with E-state index in [9.17, 15) is 9.90 Å². The van der Waals surface area contributed by atoms with Crippen LogP contribution in [0.3, 0.4) is 0 Å². The van der Waals surface area contributed by atoms with Crippen molar-refractivity contribution in [1.82, 2.24) is 10.6 Å². The van der Waals surface area contributed by atoms with Gasteiger partial charge in [-0.05, 0) is 18.6 Å². The molecule has 0 aromatic heterocycles. The average molecular weight is 333 g/mol. The number of hydrogen-bond donors (Lipinski definition) is 3. The zero-order valence-electron chi connectivity index (χ0n) is 11.7. The normalized spacial score (nSPS) is 22.9. The van der Waals surface area contributed by atoms with E-state index in [1.807, 2.05) is 6.92 Å². The van der Waals surface area contributed by atoms with Crippen molar-refractivity contribution in [2.75, 3.05) is 19.8 Å². The second-order valence-corrected chi connectivity index (χ2v) is 6.00. The van der Waals surface area contributed by atoms with Crippen molar-refractivity contribution in [2.45, 2.75) is 25.0 Å². The van der Waals surface area contributed by atoms with Crippen LogP contribution in [-0.2, 0) is 4.74 Å². The van der Waals surface area contributed by atoms with Gasteiger partial charge in [0.05, 0.1) is 29.2 Å². The fourth-order valence-corrected chi connectivity index (χ4v) is 2.63. The fourth-order valence-electron chi connectivity index (χ4n) is 2.16. The first-order valence-electron chi connectivity index (χ1n) is 6.70. The Hall–Kier alpha value is -1.01. The summed E-state index contributed by atoms with van der Waals surface area (Å²) < 4.78 is 5.12. The maximum atomic E-state index is 11.9. The van der Waals surface area contributed by atoms with Crippen molar-refractivity contribution in [2.24, 2.45) is 0 Å². The maximum absolute atomic E-state index is 11.9. The zero-order valence-corrected chi connectivity index (χ0v) is 13.2. The van der Waals surface area contributed by atoms with E-state index in [1.54, 1.807) is 18.2 Å². The van der Waals surface area contributed by atoms with Crippen molar-refractivity contribution >= 4 is 29.2 Å². The Morgan fingerprint density at radius 1 is 1.52 bits per heavy atom. The van der Waals surface area contributed by atoms with Gasteiger partial charge in [0.25, 0.3) is 0 Å². The van der Waals surface area contributed by atoms with Crippen LogP contribution >= 0.6 is 23.2 Å². The molecule has 1 aliphatic rings. The van der Waals surface area contributed by atoms with E-state index in [2.05, 4.69) is 10.6 Å². The van der Waals surface area contributed by atoms with Crippen LogP contribution in [0, 0.1) is 0 Å². The van der Waals surface area contributed by atoms with Crippen molar-refractivity contribution in [3.8, 4) is 0 Å². The number of nitrogens with one attached hydrogen (secondary N) is 2. The predicted octanol–water partition coefficient (Wildman–Crippen LogP) is 2.51. The molecule has 0 bridgehead atoms. The smallest absolute Gasteiger partial charge is 0.315 e. The first-order valence-corrected chi connectivity index (χ1v) is 7.45. The zero-order chi connectivity index (χ0) is 15.5. The highest BCUT2D eigenvalue weighted by molar-refractivity contribution is 6.42. The van der Waals surface area contributed by atoms with Crippen LogP contribution in [0.2, 0.25) is 10.0 Å². The molecule has 0 radical (unpaired) electrons. The van der Waals surface area contributed by atoms with Crippen LogP contribution in [0.5, 0.6) is 0 Å². The molecule has 0 unspecified atom stereocenters. The quantitative estimate of drug-likeness (QED) is 0.793. The molecule has 0 aliphatic carbocycles. The minimum absolute atomic E-state index is 0.148. The molecule has 1 aliphatic heterocycles. The lowest BCUT2D eigenvalue weighted by atomic mass is 10.0. The van der Waals surface area contributed by atoms with Gasteiger partial charge >= 0.3 is 6.03 Å². The minimum atomic E-state index is -0.978.